The van der Waals surface area contributed by atoms with Gasteiger partial charge in [0.05, 0.1) is 0 Å². The second-order valence-corrected chi connectivity index (χ2v) is 8.38. The van der Waals surface area contributed by atoms with Gasteiger partial charge in [-0.2, -0.15) is 0 Å². The standard InChI is InChI=1S/C23H21ClN4O3/c1-13-26-27-22(30-13)16-7-9-18(11-16)28(2)23(29)15-5-3-14(4-6-15)21-25-19-12-17(24)8-10-20(19)31-21/h3-6,8,10,12,16,18H,7,9,11H2,1-2H3. The van der Waals surface area contributed by atoms with Gasteiger partial charge in [0, 0.05) is 42.1 Å². The van der Waals surface area contributed by atoms with Crippen LogP contribution in [0, 0.1) is 6.92 Å². The smallest absolute Gasteiger partial charge is 0.253 e. The molecule has 5 rings (SSSR count). The summed E-state index contributed by atoms with van der Waals surface area (Å²) in [5, 5.41) is 8.67. The van der Waals surface area contributed by atoms with E-state index in [4.69, 9.17) is 20.4 Å². The molecule has 0 radical (unpaired) electrons. The molecule has 0 aliphatic heterocycles. The lowest BCUT2D eigenvalue weighted by molar-refractivity contribution is 0.0733. The highest BCUT2D eigenvalue weighted by molar-refractivity contribution is 6.31. The molecule has 0 spiro atoms. The second-order valence-electron chi connectivity index (χ2n) is 7.95. The monoisotopic (exact) mass is 436 g/mol. The molecular weight excluding hydrogens is 416 g/mol. The highest BCUT2D eigenvalue weighted by Crippen LogP contribution is 2.36. The Kier molecular flexibility index (Phi) is 4.98. The summed E-state index contributed by atoms with van der Waals surface area (Å²) in [6.07, 6.45) is 2.68. The van der Waals surface area contributed by atoms with Gasteiger partial charge in [0.15, 0.2) is 5.58 Å². The van der Waals surface area contributed by atoms with Crippen LogP contribution in [0.4, 0.5) is 0 Å². The summed E-state index contributed by atoms with van der Waals surface area (Å²) in [4.78, 5) is 19.3. The number of amides is 1. The number of carbonyl (C=O) groups excluding carboxylic acids is 1. The van der Waals surface area contributed by atoms with E-state index in [0.29, 0.717) is 39.4 Å². The minimum absolute atomic E-state index is 0.0109. The molecule has 1 fully saturated rings. The van der Waals surface area contributed by atoms with E-state index in [1.54, 1.807) is 25.1 Å². The maximum absolute atomic E-state index is 13.0. The van der Waals surface area contributed by atoms with Crippen LogP contribution in [0.5, 0.6) is 0 Å². The molecule has 1 aliphatic rings. The predicted molar refractivity (Wildman–Crippen MR) is 116 cm³/mol. The fraction of sp³-hybridized carbons (Fsp3) is 0.304. The third-order valence-corrected chi connectivity index (χ3v) is 6.13. The van der Waals surface area contributed by atoms with E-state index >= 15 is 0 Å². The van der Waals surface area contributed by atoms with Crippen LogP contribution in [-0.4, -0.2) is 39.1 Å². The van der Waals surface area contributed by atoms with Crippen molar-refractivity contribution in [3.8, 4) is 11.5 Å². The third-order valence-electron chi connectivity index (χ3n) is 5.89. The predicted octanol–water partition coefficient (Wildman–Crippen LogP) is 5.25. The normalized spacial score (nSPS) is 18.5. The fourth-order valence-corrected chi connectivity index (χ4v) is 4.33. The number of nitrogens with zero attached hydrogens (tertiary/aromatic N) is 4. The van der Waals surface area contributed by atoms with Crippen molar-refractivity contribution in [3.05, 3.63) is 64.8 Å². The van der Waals surface area contributed by atoms with Gasteiger partial charge in [-0.05, 0) is 61.7 Å². The lowest BCUT2D eigenvalue weighted by Gasteiger charge is -2.24. The minimum Gasteiger partial charge on any atom is -0.436 e. The summed E-state index contributed by atoms with van der Waals surface area (Å²) in [6, 6.07) is 12.8. The quantitative estimate of drug-likeness (QED) is 0.434. The molecule has 158 valence electrons. The number of halogens is 1. The fourth-order valence-electron chi connectivity index (χ4n) is 4.16. The number of oxazole rings is 1. The molecule has 2 aromatic heterocycles. The number of fused-ring (bicyclic) bond motifs is 1. The van der Waals surface area contributed by atoms with Crippen molar-refractivity contribution >= 4 is 28.6 Å². The van der Waals surface area contributed by atoms with Gasteiger partial charge in [-0.25, -0.2) is 4.98 Å². The Morgan fingerprint density at radius 3 is 2.65 bits per heavy atom. The molecule has 0 bridgehead atoms. The maximum Gasteiger partial charge on any atom is 0.253 e. The van der Waals surface area contributed by atoms with Crippen molar-refractivity contribution in [3.63, 3.8) is 0 Å². The van der Waals surface area contributed by atoms with E-state index in [1.165, 1.54) is 0 Å². The van der Waals surface area contributed by atoms with Gasteiger partial charge in [0.2, 0.25) is 17.7 Å². The first-order chi connectivity index (χ1) is 15.0. The zero-order valence-corrected chi connectivity index (χ0v) is 18.0. The Morgan fingerprint density at radius 2 is 1.90 bits per heavy atom. The molecule has 2 heterocycles. The van der Waals surface area contributed by atoms with Crippen LogP contribution in [0.25, 0.3) is 22.6 Å². The molecule has 0 saturated heterocycles. The van der Waals surface area contributed by atoms with Crippen molar-refractivity contribution in [2.24, 2.45) is 0 Å². The number of hydrogen-bond donors (Lipinski definition) is 0. The molecule has 31 heavy (non-hydrogen) atoms. The van der Waals surface area contributed by atoms with Crippen molar-refractivity contribution < 1.29 is 13.6 Å². The summed E-state index contributed by atoms with van der Waals surface area (Å²) < 4.78 is 11.4. The average Bonchev–Trinajstić information content (AvgIpc) is 3.51. The zero-order valence-electron chi connectivity index (χ0n) is 17.2. The average molecular weight is 437 g/mol. The molecule has 0 N–H and O–H groups in total. The SMILES string of the molecule is Cc1nnc(C2CCC(N(C)C(=O)c3ccc(-c4nc5cc(Cl)ccc5o4)cc3)C2)o1. The van der Waals surface area contributed by atoms with Crippen molar-refractivity contribution in [2.75, 3.05) is 7.05 Å². The largest absolute Gasteiger partial charge is 0.436 e. The number of hydrogen-bond acceptors (Lipinski definition) is 6. The molecule has 4 aromatic rings. The first kappa shape index (κ1) is 19.8. The van der Waals surface area contributed by atoms with Crippen LogP contribution in [0.15, 0.2) is 51.3 Å². The topological polar surface area (TPSA) is 85.3 Å². The summed E-state index contributed by atoms with van der Waals surface area (Å²) in [5.41, 5.74) is 2.81. The van der Waals surface area contributed by atoms with E-state index in [9.17, 15) is 4.79 Å². The van der Waals surface area contributed by atoms with Crippen molar-refractivity contribution in [2.45, 2.75) is 38.1 Å². The minimum atomic E-state index is -0.0109. The van der Waals surface area contributed by atoms with Gasteiger partial charge in [0.25, 0.3) is 5.91 Å². The molecule has 1 amide bonds. The van der Waals surface area contributed by atoms with Gasteiger partial charge in [-0.3, -0.25) is 4.79 Å². The van der Waals surface area contributed by atoms with E-state index in [-0.39, 0.29) is 17.9 Å². The summed E-state index contributed by atoms with van der Waals surface area (Å²) in [7, 11) is 1.85. The van der Waals surface area contributed by atoms with E-state index in [1.807, 2.05) is 36.2 Å². The van der Waals surface area contributed by atoms with Gasteiger partial charge < -0.3 is 13.7 Å². The van der Waals surface area contributed by atoms with Crippen LogP contribution in [0.1, 0.15) is 47.3 Å². The molecule has 2 unspecified atom stereocenters. The first-order valence-electron chi connectivity index (χ1n) is 10.2. The molecule has 1 aliphatic carbocycles. The third kappa shape index (κ3) is 3.81. The number of carbonyl (C=O) groups is 1. The summed E-state index contributed by atoms with van der Waals surface area (Å²) in [6.45, 7) is 1.79. The van der Waals surface area contributed by atoms with Gasteiger partial charge in [0.1, 0.15) is 5.52 Å². The van der Waals surface area contributed by atoms with Gasteiger partial charge >= 0.3 is 0 Å². The van der Waals surface area contributed by atoms with Crippen molar-refractivity contribution in [1.29, 1.82) is 0 Å². The van der Waals surface area contributed by atoms with Crippen LogP contribution >= 0.6 is 11.6 Å². The zero-order chi connectivity index (χ0) is 21.5. The van der Waals surface area contributed by atoms with E-state index in [0.717, 1.165) is 24.8 Å². The Labute approximate surface area is 184 Å². The number of rotatable bonds is 4. The summed E-state index contributed by atoms with van der Waals surface area (Å²) in [5.74, 6) is 1.94. The van der Waals surface area contributed by atoms with Crippen molar-refractivity contribution in [1.82, 2.24) is 20.1 Å². The lowest BCUT2D eigenvalue weighted by Crippen LogP contribution is -2.35. The number of benzene rings is 2. The highest BCUT2D eigenvalue weighted by atomic mass is 35.5. The summed E-state index contributed by atoms with van der Waals surface area (Å²) >= 11 is 6.02. The van der Waals surface area contributed by atoms with Crippen LogP contribution in [0.2, 0.25) is 5.02 Å². The Hall–Kier alpha value is -3.19. The number of aromatic nitrogens is 3. The van der Waals surface area contributed by atoms with Gasteiger partial charge in [-0.15, -0.1) is 10.2 Å². The van der Waals surface area contributed by atoms with Crippen LogP contribution in [0.3, 0.4) is 0 Å². The molecular formula is C23H21ClN4O3. The first-order valence-corrected chi connectivity index (χ1v) is 10.6. The highest BCUT2D eigenvalue weighted by Gasteiger charge is 2.33. The van der Waals surface area contributed by atoms with E-state index < -0.39 is 0 Å². The number of aryl methyl sites for hydroxylation is 1. The molecule has 2 atom stereocenters. The second kappa shape index (κ2) is 7.81. The Bertz CT molecular complexity index is 1250. The molecule has 8 heteroatoms. The molecule has 7 nitrogen and oxygen atoms in total. The van der Waals surface area contributed by atoms with E-state index in [2.05, 4.69) is 15.2 Å². The van der Waals surface area contributed by atoms with Crippen LogP contribution in [-0.2, 0) is 0 Å². The van der Waals surface area contributed by atoms with Gasteiger partial charge in [-0.1, -0.05) is 11.6 Å². The Morgan fingerprint density at radius 1 is 1.10 bits per heavy atom. The van der Waals surface area contributed by atoms with Crippen LogP contribution < -0.4 is 0 Å². The lowest BCUT2D eigenvalue weighted by atomic mass is 10.1. The molecule has 2 aromatic carbocycles. The molecule has 1 saturated carbocycles. The Balaban J connectivity index is 1.29. The maximum atomic E-state index is 13.0.